The van der Waals surface area contributed by atoms with Crippen LogP contribution in [0.2, 0.25) is 0 Å². The second-order valence-corrected chi connectivity index (χ2v) is 5.65. The molecule has 114 valence electrons. The maximum atomic E-state index is 12.3. The van der Waals surface area contributed by atoms with Gasteiger partial charge < -0.3 is 20.9 Å². The average molecular weight is 309 g/mol. The van der Waals surface area contributed by atoms with Crippen molar-refractivity contribution in [3.8, 4) is 0 Å². The topological polar surface area (TPSA) is 111 Å². The molecule has 0 saturated heterocycles. The molecule has 0 spiro atoms. The number of amides is 1. The zero-order valence-electron chi connectivity index (χ0n) is 12.3. The summed E-state index contributed by atoms with van der Waals surface area (Å²) in [6.45, 7) is 4.69. The minimum atomic E-state index is -0.265. The second-order valence-electron chi connectivity index (χ2n) is 4.66. The number of nitrogens with two attached hydrogens (primary N) is 1. The number of carbonyl (C=O) groups is 1. The van der Waals surface area contributed by atoms with Gasteiger partial charge in [0.2, 0.25) is 0 Å². The van der Waals surface area contributed by atoms with Crippen LogP contribution in [0, 0.1) is 0 Å². The van der Waals surface area contributed by atoms with Crippen molar-refractivity contribution in [2.45, 2.75) is 26.3 Å². The molecule has 0 radical (unpaired) electrons. The van der Waals surface area contributed by atoms with Crippen molar-refractivity contribution in [2.75, 3.05) is 17.6 Å². The lowest BCUT2D eigenvalue weighted by molar-refractivity contribution is 0.0942. The lowest BCUT2D eigenvalue weighted by atomic mass is 10.3. The van der Waals surface area contributed by atoms with E-state index in [0.29, 0.717) is 15.8 Å². The Bertz CT molecular complexity index is 621. The van der Waals surface area contributed by atoms with E-state index in [2.05, 4.69) is 32.7 Å². The molecule has 0 aliphatic rings. The zero-order valence-corrected chi connectivity index (χ0v) is 13.1. The Labute approximate surface area is 126 Å². The van der Waals surface area contributed by atoms with E-state index >= 15 is 0 Å². The van der Waals surface area contributed by atoms with Gasteiger partial charge in [0.15, 0.2) is 11.0 Å². The molecule has 1 unspecified atom stereocenters. The molecule has 2 rings (SSSR count). The molecular formula is C12H19N7OS. The molecule has 0 aliphatic heterocycles. The Kier molecular flexibility index (Phi) is 4.73. The smallest absolute Gasteiger partial charge is 0.265 e. The van der Waals surface area contributed by atoms with E-state index in [0.717, 1.165) is 13.0 Å². The lowest BCUT2D eigenvalue weighted by Gasteiger charge is -2.12. The normalized spacial score (nSPS) is 12.1. The maximum Gasteiger partial charge on any atom is 0.265 e. The molecule has 4 N–H and O–H groups in total. The summed E-state index contributed by atoms with van der Waals surface area (Å²) in [6, 6.07) is -0.265. The van der Waals surface area contributed by atoms with Gasteiger partial charge >= 0.3 is 0 Å². The van der Waals surface area contributed by atoms with Crippen molar-refractivity contribution >= 4 is 28.2 Å². The minimum Gasteiger partial charge on any atom is -0.382 e. The summed E-state index contributed by atoms with van der Waals surface area (Å²) in [5.74, 6) is 0.655. The van der Waals surface area contributed by atoms with E-state index in [1.807, 2.05) is 14.0 Å². The molecule has 9 heteroatoms. The summed E-state index contributed by atoms with van der Waals surface area (Å²) >= 11 is 1.25. The van der Waals surface area contributed by atoms with Crippen molar-refractivity contribution in [1.82, 2.24) is 25.1 Å². The Morgan fingerprint density at radius 2 is 2.33 bits per heavy atom. The van der Waals surface area contributed by atoms with Crippen molar-refractivity contribution in [1.29, 1.82) is 0 Å². The molecule has 2 aromatic rings. The first-order chi connectivity index (χ1) is 10.0. The van der Waals surface area contributed by atoms with Crippen LogP contribution >= 0.6 is 11.3 Å². The fourth-order valence-electron chi connectivity index (χ4n) is 1.81. The molecule has 21 heavy (non-hydrogen) atoms. The third-order valence-corrected chi connectivity index (χ3v) is 3.89. The lowest BCUT2D eigenvalue weighted by Crippen LogP contribution is -2.28. The number of nitrogen functional groups attached to an aromatic ring is 1. The Hall–Kier alpha value is -2.16. The van der Waals surface area contributed by atoms with Gasteiger partial charge in [0.1, 0.15) is 17.0 Å². The average Bonchev–Trinajstić information content (AvgIpc) is 3.02. The van der Waals surface area contributed by atoms with Crippen LogP contribution in [0.4, 0.5) is 10.9 Å². The highest BCUT2D eigenvalue weighted by Gasteiger charge is 2.20. The quantitative estimate of drug-likeness (QED) is 0.738. The van der Waals surface area contributed by atoms with Crippen molar-refractivity contribution in [3.63, 3.8) is 0 Å². The van der Waals surface area contributed by atoms with Crippen LogP contribution in [0.5, 0.6) is 0 Å². The largest absolute Gasteiger partial charge is 0.382 e. The highest BCUT2D eigenvalue weighted by atomic mass is 32.1. The van der Waals surface area contributed by atoms with Crippen LogP contribution in [0.1, 0.15) is 41.8 Å². The van der Waals surface area contributed by atoms with Gasteiger partial charge in [-0.15, -0.1) is 10.2 Å². The van der Waals surface area contributed by atoms with Crippen molar-refractivity contribution in [2.24, 2.45) is 7.05 Å². The van der Waals surface area contributed by atoms with Gasteiger partial charge in [0.05, 0.1) is 6.04 Å². The highest BCUT2D eigenvalue weighted by molar-refractivity contribution is 7.18. The van der Waals surface area contributed by atoms with E-state index in [1.165, 1.54) is 11.3 Å². The molecule has 0 fully saturated rings. The van der Waals surface area contributed by atoms with Gasteiger partial charge in [-0.3, -0.25) is 4.79 Å². The predicted octanol–water partition coefficient (Wildman–Crippen LogP) is 1.17. The molecule has 2 heterocycles. The standard InChI is InChI=1S/C12H19N7OS/c1-4-5-14-12-17-9(13)8(21-12)11(20)16-7(2)10-18-15-6-19(10)3/h6-7H,4-5,13H2,1-3H3,(H,14,17)(H,16,20). The van der Waals surface area contributed by atoms with Crippen LogP contribution < -0.4 is 16.4 Å². The van der Waals surface area contributed by atoms with E-state index in [4.69, 9.17) is 5.73 Å². The van der Waals surface area contributed by atoms with E-state index < -0.39 is 0 Å². The highest BCUT2D eigenvalue weighted by Crippen LogP contribution is 2.25. The molecule has 1 atom stereocenters. The number of nitrogens with one attached hydrogen (secondary N) is 2. The van der Waals surface area contributed by atoms with Gasteiger partial charge in [0, 0.05) is 13.6 Å². The van der Waals surface area contributed by atoms with Gasteiger partial charge in [-0.05, 0) is 13.3 Å². The molecule has 1 amide bonds. The number of hydrogen-bond donors (Lipinski definition) is 3. The summed E-state index contributed by atoms with van der Waals surface area (Å²) in [5.41, 5.74) is 5.80. The number of aryl methyl sites for hydroxylation is 1. The van der Waals surface area contributed by atoms with Crippen LogP contribution in [0.15, 0.2) is 6.33 Å². The van der Waals surface area contributed by atoms with Crippen molar-refractivity contribution in [3.05, 3.63) is 17.0 Å². The molecule has 0 saturated carbocycles. The number of nitrogens with zero attached hydrogens (tertiary/aromatic N) is 4. The Morgan fingerprint density at radius 1 is 1.57 bits per heavy atom. The van der Waals surface area contributed by atoms with Gasteiger partial charge in [-0.25, -0.2) is 4.98 Å². The fourth-order valence-corrected chi connectivity index (χ4v) is 2.63. The first kappa shape index (κ1) is 15.2. The molecule has 0 aliphatic carbocycles. The van der Waals surface area contributed by atoms with E-state index in [9.17, 15) is 4.79 Å². The third kappa shape index (κ3) is 3.48. The molecule has 0 bridgehead atoms. The summed E-state index contributed by atoms with van der Waals surface area (Å²) in [4.78, 5) is 16.8. The number of hydrogen-bond acceptors (Lipinski definition) is 7. The van der Waals surface area contributed by atoms with Crippen LogP contribution in [0.25, 0.3) is 0 Å². The first-order valence-electron chi connectivity index (χ1n) is 6.67. The number of rotatable bonds is 6. The maximum absolute atomic E-state index is 12.3. The molecule has 8 nitrogen and oxygen atoms in total. The minimum absolute atomic E-state index is 0.237. The van der Waals surface area contributed by atoms with Crippen LogP contribution in [-0.4, -0.2) is 32.2 Å². The van der Waals surface area contributed by atoms with E-state index in [-0.39, 0.29) is 17.8 Å². The fraction of sp³-hybridized carbons (Fsp3) is 0.500. The van der Waals surface area contributed by atoms with Crippen LogP contribution in [-0.2, 0) is 7.05 Å². The molecular weight excluding hydrogens is 290 g/mol. The van der Waals surface area contributed by atoms with Crippen molar-refractivity contribution < 1.29 is 4.79 Å². The summed E-state index contributed by atoms with van der Waals surface area (Å²) < 4.78 is 1.76. The summed E-state index contributed by atoms with van der Waals surface area (Å²) in [7, 11) is 1.83. The SMILES string of the molecule is CCCNc1nc(N)c(C(=O)NC(C)c2nncn2C)s1. The van der Waals surface area contributed by atoms with E-state index in [1.54, 1.807) is 10.9 Å². The Balaban J connectivity index is 2.06. The number of carbonyl (C=O) groups excluding carboxylic acids is 1. The predicted molar refractivity (Wildman–Crippen MR) is 82.2 cm³/mol. The molecule has 0 aromatic carbocycles. The van der Waals surface area contributed by atoms with Gasteiger partial charge in [-0.1, -0.05) is 18.3 Å². The number of aromatic nitrogens is 4. The zero-order chi connectivity index (χ0) is 15.4. The van der Waals surface area contributed by atoms with Gasteiger partial charge in [-0.2, -0.15) is 0 Å². The first-order valence-corrected chi connectivity index (χ1v) is 7.49. The van der Waals surface area contributed by atoms with Gasteiger partial charge in [0.25, 0.3) is 5.91 Å². The van der Waals surface area contributed by atoms with Crippen LogP contribution in [0.3, 0.4) is 0 Å². The monoisotopic (exact) mass is 309 g/mol. The third-order valence-electron chi connectivity index (χ3n) is 2.87. The summed E-state index contributed by atoms with van der Waals surface area (Å²) in [5, 5.41) is 14.4. The number of thiazole rings is 1. The number of anilines is 2. The second kappa shape index (κ2) is 6.53. The summed E-state index contributed by atoms with van der Waals surface area (Å²) in [6.07, 6.45) is 2.57. The molecule has 2 aromatic heterocycles. The Morgan fingerprint density at radius 3 is 2.95 bits per heavy atom.